The van der Waals surface area contributed by atoms with Gasteiger partial charge < -0.3 is 0 Å². The minimum atomic E-state index is 0.120. The molecule has 138 valence electrons. The zero-order valence-electron chi connectivity index (χ0n) is 16.2. The summed E-state index contributed by atoms with van der Waals surface area (Å²) >= 11 is 0. The van der Waals surface area contributed by atoms with E-state index < -0.39 is 0 Å². The normalized spacial score (nSPS) is 23.4. The molecule has 0 amide bonds. The van der Waals surface area contributed by atoms with Crippen molar-refractivity contribution in [1.29, 1.82) is 0 Å². The highest BCUT2D eigenvalue weighted by atomic mass is 14.8. The van der Waals surface area contributed by atoms with Crippen LogP contribution in [0.25, 0.3) is 11.3 Å². The van der Waals surface area contributed by atoms with E-state index in [-0.39, 0.29) is 5.41 Å². The van der Waals surface area contributed by atoms with Crippen LogP contribution < -0.4 is 0 Å². The summed E-state index contributed by atoms with van der Waals surface area (Å²) in [6, 6.07) is 18.6. The van der Waals surface area contributed by atoms with Gasteiger partial charge in [-0.15, -0.1) is 0 Å². The molecule has 28 heavy (non-hydrogen) atoms. The Morgan fingerprint density at radius 2 is 1.86 bits per heavy atom. The van der Waals surface area contributed by atoms with Crippen LogP contribution in [0, 0.1) is 5.92 Å². The zero-order chi connectivity index (χ0) is 19.1. The predicted molar refractivity (Wildman–Crippen MR) is 114 cm³/mol. The Labute approximate surface area is 165 Å². The lowest BCUT2D eigenvalue weighted by molar-refractivity contribution is 0.368. The fourth-order valence-corrected chi connectivity index (χ4v) is 4.73. The van der Waals surface area contributed by atoms with Gasteiger partial charge in [-0.3, -0.25) is 15.0 Å². The highest BCUT2D eigenvalue weighted by Crippen LogP contribution is 2.53. The van der Waals surface area contributed by atoms with Gasteiger partial charge in [0.1, 0.15) is 0 Å². The molecule has 2 unspecified atom stereocenters. The van der Waals surface area contributed by atoms with Crippen molar-refractivity contribution in [3.8, 4) is 11.3 Å². The molecule has 0 aliphatic heterocycles. The van der Waals surface area contributed by atoms with E-state index in [0.717, 1.165) is 29.1 Å². The second kappa shape index (κ2) is 6.52. The predicted octanol–water partition coefficient (Wildman–Crippen LogP) is 5.87. The molecular weight excluding hydrogens is 342 g/mol. The number of aliphatic imine (C=N–C) groups is 1. The van der Waals surface area contributed by atoms with Crippen LogP contribution in [0.3, 0.4) is 0 Å². The SMILES string of the molecule is CC1(C)c2cccnc2C2CC(=Nc3cccc(-c4ccccn4)c3)C=CC21. The van der Waals surface area contributed by atoms with Crippen molar-refractivity contribution < 1.29 is 0 Å². The lowest BCUT2D eigenvalue weighted by Gasteiger charge is -2.31. The molecule has 0 fully saturated rings. The highest BCUT2D eigenvalue weighted by Gasteiger charge is 2.47. The van der Waals surface area contributed by atoms with Gasteiger partial charge in [-0.25, -0.2) is 0 Å². The first-order chi connectivity index (χ1) is 13.6. The number of allylic oxidation sites excluding steroid dienone is 2. The third-order valence-corrected chi connectivity index (χ3v) is 6.16. The molecule has 3 nitrogen and oxygen atoms in total. The Morgan fingerprint density at radius 1 is 0.964 bits per heavy atom. The first kappa shape index (κ1) is 17.1. The largest absolute Gasteiger partial charge is 0.261 e. The Kier molecular flexibility index (Phi) is 3.97. The average molecular weight is 365 g/mol. The van der Waals surface area contributed by atoms with E-state index in [1.165, 1.54) is 11.3 Å². The Morgan fingerprint density at radius 3 is 2.71 bits per heavy atom. The molecule has 0 saturated heterocycles. The van der Waals surface area contributed by atoms with Gasteiger partial charge in [0.05, 0.1) is 11.4 Å². The van der Waals surface area contributed by atoms with Crippen LogP contribution in [-0.2, 0) is 5.41 Å². The van der Waals surface area contributed by atoms with Gasteiger partial charge >= 0.3 is 0 Å². The number of fused-ring (bicyclic) bond motifs is 3. The van der Waals surface area contributed by atoms with Gasteiger partial charge in [0.2, 0.25) is 0 Å². The van der Waals surface area contributed by atoms with E-state index in [2.05, 4.69) is 61.3 Å². The lowest BCUT2D eigenvalue weighted by atomic mass is 9.72. The van der Waals surface area contributed by atoms with Crippen molar-refractivity contribution in [2.45, 2.75) is 31.6 Å². The quantitative estimate of drug-likeness (QED) is 0.570. The zero-order valence-corrected chi connectivity index (χ0v) is 16.2. The first-order valence-corrected chi connectivity index (χ1v) is 9.85. The molecule has 0 saturated carbocycles. The number of pyridine rings is 2. The molecule has 0 spiro atoms. The van der Waals surface area contributed by atoms with E-state index in [1.807, 2.05) is 36.7 Å². The number of benzene rings is 1. The summed E-state index contributed by atoms with van der Waals surface area (Å²) < 4.78 is 0. The minimum Gasteiger partial charge on any atom is -0.261 e. The second-order valence-corrected chi connectivity index (χ2v) is 8.22. The molecule has 0 bridgehead atoms. The Balaban J connectivity index is 1.48. The maximum absolute atomic E-state index is 4.96. The summed E-state index contributed by atoms with van der Waals surface area (Å²) in [5, 5.41) is 0. The maximum atomic E-state index is 4.96. The monoisotopic (exact) mass is 365 g/mol. The lowest BCUT2D eigenvalue weighted by Crippen LogP contribution is -2.27. The molecule has 3 heteroatoms. The number of hydrogen-bond donors (Lipinski definition) is 0. The minimum absolute atomic E-state index is 0.120. The summed E-state index contributed by atoms with van der Waals surface area (Å²) in [7, 11) is 0. The molecule has 2 atom stereocenters. The summed E-state index contributed by atoms with van der Waals surface area (Å²) in [6.45, 7) is 4.67. The van der Waals surface area contributed by atoms with Gasteiger partial charge in [-0.1, -0.05) is 44.2 Å². The summed E-state index contributed by atoms with van der Waals surface area (Å²) in [5.41, 5.74) is 6.90. The van der Waals surface area contributed by atoms with Crippen molar-refractivity contribution in [3.05, 3.63) is 90.4 Å². The molecule has 1 aromatic carbocycles. The Bertz CT molecular complexity index is 1080. The van der Waals surface area contributed by atoms with Gasteiger partial charge in [0, 0.05) is 35.3 Å². The van der Waals surface area contributed by atoms with Crippen LogP contribution in [-0.4, -0.2) is 15.7 Å². The fourth-order valence-electron chi connectivity index (χ4n) is 4.73. The van der Waals surface area contributed by atoms with E-state index in [0.29, 0.717) is 11.8 Å². The van der Waals surface area contributed by atoms with E-state index in [1.54, 1.807) is 0 Å². The van der Waals surface area contributed by atoms with Crippen LogP contribution in [0.15, 0.2) is 84.1 Å². The fraction of sp³-hybridized carbons (Fsp3) is 0.240. The average Bonchev–Trinajstić information content (AvgIpc) is 2.96. The third-order valence-electron chi connectivity index (χ3n) is 6.16. The van der Waals surface area contributed by atoms with Crippen molar-refractivity contribution in [3.63, 3.8) is 0 Å². The molecular formula is C25H23N3. The van der Waals surface area contributed by atoms with E-state index >= 15 is 0 Å². The molecule has 2 aliphatic rings. The molecule has 0 N–H and O–H groups in total. The Hall–Kier alpha value is -3.07. The molecule has 2 aromatic heterocycles. The van der Waals surface area contributed by atoms with Crippen LogP contribution in [0.2, 0.25) is 0 Å². The molecule has 3 aromatic rings. The van der Waals surface area contributed by atoms with Crippen LogP contribution in [0.5, 0.6) is 0 Å². The van der Waals surface area contributed by atoms with E-state index in [4.69, 9.17) is 9.98 Å². The van der Waals surface area contributed by atoms with Crippen molar-refractivity contribution in [2.24, 2.45) is 10.9 Å². The highest BCUT2D eigenvalue weighted by molar-refractivity contribution is 5.98. The van der Waals surface area contributed by atoms with Gasteiger partial charge in [0.25, 0.3) is 0 Å². The molecule has 2 aliphatic carbocycles. The van der Waals surface area contributed by atoms with Crippen molar-refractivity contribution >= 4 is 11.4 Å². The van der Waals surface area contributed by atoms with E-state index in [9.17, 15) is 0 Å². The number of aromatic nitrogens is 2. The second-order valence-electron chi connectivity index (χ2n) is 8.22. The third kappa shape index (κ3) is 2.78. The summed E-state index contributed by atoms with van der Waals surface area (Å²) in [6.07, 6.45) is 9.23. The molecule has 5 rings (SSSR count). The van der Waals surface area contributed by atoms with Crippen molar-refractivity contribution in [2.75, 3.05) is 0 Å². The first-order valence-electron chi connectivity index (χ1n) is 9.85. The van der Waals surface area contributed by atoms with Crippen LogP contribution >= 0.6 is 0 Å². The number of rotatable bonds is 2. The molecule has 2 heterocycles. The van der Waals surface area contributed by atoms with Crippen LogP contribution in [0.1, 0.15) is 37.4 Å². The maximum Gasteiger partial charge on any atom is 0.0702 e. The van der Waals surface area contributed by atoms with Gasteiger partial charge in [-0.2, -0.15) is 0 Å². The van der Waals surface area contributed by atoms with Crippen LogP contribution in [0.4, 0.5) is 5.69 Å². The summed E-state index contributed by atoms with van der Waals surface area (Å²) in [5.74, 6) is 0.894. The standard InChI is InChI=1S/C25H23N3/c1-25(2)21-12-11-19(16-20(21)24-22(25)9-6-14-27-24)28-18-8-5-7-17(15-18)23-10-3-4-13-26-23/h3-15,20-21H,16H2,1-2H3. The topological polar surface area (TPSA) is 38.1 Å². The number of hydrogen-bond acceptors (Lipinski definition) is 3. The summed E-state index contributed by atoms with van der Waals surface area (Å²) in [4.78, 5) is 14.1. The van der Waals surface area contributed by atoms with Gasteiger partial charge in [-0.05, 0) is 59.7 Å². The smallest absolute Gasteiger partial charge is 0.0702 e. The van der Waals surface area contributed by atoms with Gasteiger partial charge in [0.15, 0.2) is 0 Å². The van der Waals surface area contributed by atoms with Crippen molar-refractivity contribution in [1.82, 2.24) is 9.97 Å². The number of nitrogens with zero attached hydrogens (tertiary/aromatic N) is 3. The molecule has 0 radical (unpaired) electrons.